The van der Waals surface area contributed by atoms with Crippen molar-refractivity contribution in [3.63, 3.8) is 0 Å². The number of aryl methyl sites for hydroxylation is 2. The molecule has 8 heteroatoms. The van der Waals surface area contributed by atoms with Gasteiger partial charge in [-0.15, -0.1) is 0 Å². The van der Waals surface area contributed by atoms with E-state index in [-0.39, 0.29) is 29.6 Å². The molecule has 1 aromatic heterocycles. The summed E-state index contributed by atoms with van der Waals surface area (Å²) in [5.41, 5.74) is 2.92. The van der Waals surface area contributed by atoms with Crippen LogP contribution in [0.25, 0.3) is 10.9 Å². The number of sulfonamides is 1. The first-order valence-electron chi connectivity index (χ1n) is 10.3. The summed E-state index contributed by atoms with van der Waals surface area (Å²) in [6.07, 6.45) is 1.53. The van der Waals surface area contributed by atoms with Gasteiger partial charge >= 0.3 is 0 Å². The molecular formula is C23H25BrN2O4S. The summed E-state index contributed by atoms with van der Waals surface area (Å²) in [4.78, 5) is 16.0. The zero-order valence-electron chi connectivity index (χ0n) is 17.5. The van der Waals surface area contributed by atoms with Crippen LogP contribution >= 0.6 is 15.9 Å². The maximum Gasteiger partial charge on any atom is 0.252 e. The van der Waals surface area contributed by atoms with E-state index in [1.54, 1.807) is 24.3 Å². The maximum atomic E-state index is 13.6. The lowest BCUT2D eigenvalue weighted by atomic mass is 10.0. The molecule has 2 aromatic carbocycles. The molecule has 1 aliphatic heterocycles. The number of hydrogen-bond acceptors (Lipinski definition) is 4. The normalized spacial score (nSPS) is 17.0. The molecule has 31 heavy (non-hydrogen) atoms. The van der Waals surface area contributed by atoms with Crippen LogP contribution < -0.4 is 5.56 Å². The first-order valence-corrected chi connectivity index (χ1v) is 12.5. The second kappa shape index (κ2) is 8.86. The molecule has 6 nitrogen and oxygen atoms in total. The van der Waals surface area contributed by atoms with Crippen LogP contribution in [0.15, 0.2) is 56.6 Å². The summed E-state index contributed by atoms with van der Waals surface area (Å²) in [5, 5.41) is 0.921. The van der Waals surface area contributed by atoms with E-state index in [1.807, 2.05) is 32.0 Å². The summed E-state index contributed by atoms with van der Waals surface area (Å²) in [6.45, 7) is 4.73. The standard InChI is InChI=1S/C23H25BrN2O4S/c1-15-9-10-16(2)22-19(15)12-17(23(27)25-22)13-26(14-18-6-5-11-30-18)31(28,29)21-8-4-3-7-20(21)24/h3-4,7-10,12,18H,5-6,11,13-14H2,1-2H3,(H,25,27)/t18-/m1/s1. The summed E-state index contributed by atoms with van der Waals surface area (Å²) in [7, 11) is -3.85. The second-order valence-electron chi connectivity index (χ2n) is 7.97. The molecule has 0 radical (unpaired) electrons. The average Bonchev–Trinajstić information content (AvgIpc) is 3.24. The highest BCUT2D eigenvalue weighted by Crippen LogP contribution is 2.28. The predicted molar refractivity (Wildman–Crippen MR) is 125 cm³/mol. The molecule has 1 fully saturated rings. The van der Waals surface area contributed by atoms with Gasteiger partial charge in [0.2, 0.25) is 10.0 Å². The zero-order valence-corrected chi connectivity index (χ0v) is 19.9. The number of halogens is 1. The summed E-state index contributed by atoms with van der Waals surface area (Å²) in [6, 6.07) is 12.5. The van der Waals surface area contributed by atoms with E-state index in [1.165, 1.54) is 4.31 Å². The maximum absolute atomic E-state index is 13.6. The molecule has 3 aromatic rings. The highest BCUT2D eigenvalue weighted by molar-refractivity contribution is 9.10. The third-order valence-electron chi connectivity index (χ3n) is 5.75. The molecule has 0 unspecified atom stereocenters. The summed E-state index contributed by atoms with van der Waals surface area (Å²) in [5.74, 6) is 0. The van der Waals surface area contributed by atoms with E-state index in [4.69, 9.17) is 4.74 Å². The molecule has 1 atom stereocenters. The molecule has 1 N–H and O–H groups in total. The van der Waals surface area contributed by atoms with Gasteiger partial charge in [0.25, 0.3) is 5.56 Å². The first-order chi connectivity index (χ1) is 14.8. The Labute approximate surface area is 190 Å². The number of nitrogens with one attached hydrogen (secondary N) is 1. The molecule has 0 bridgehead atoms. The average molecular weight is 505 g/mol. The topological polar surface area (TPSA) is 79.5 Å². The van der Waals surface area contributed by atoms with Crippen LogP contribution in [0.1, 0.15) is 29.5 Å². The van der Waals surface area contributed by atoms with Gasteiger partial charge in [-0.05, 0) is 71.9 Å². The van der Waals surface area contributed by atoms with Crippen LogP contribution in [0.2, 0.25) is 0 Å². The van der Waals surface area contributed by atoms with Crippen molar-refractivity contribution in [1.82, 2.24) is 9.29 Å². The predicted octanol–water partition coefficient (Wildman–Crippen LogP) is 4.28. The molecule has 1 aliphatic rings. The van der Waals surface area contributed by atoms with Crippen LogP contribution in [0.3, 0.4) is 0 Å². The van der Waals surface area contributed by atoms with Crippen LogP contribution in [0.5, 0.6) is 0 Å². The third-order valence-corrected chi connectivity index (χ3v) is 8.58. The van der Waals surface area contributed by atoms with Gasteiger partial charge in [-0.1, -0.05) is 24.3 Å². The lowest BCUT2D eigenvalue weighted by Crippen LogP contribution is -2.38. The molecule has 0 amide bonds. The lowest BCUT2D eigenvalue weighted by molar-refractivity contribution is 0.0925. The molecule has 4 rings (SSSR count). The Balaban J connectivity index is 1.78. The fraction of sp³-hybridized carbons (Fsp3) is 0.348. The highest BCUT2D eigenvalue weighted by Gasteiger charge is 2.31. The van der Waals surface area contributed by atoms with Crippen molar-refractivity contribution < 1.29 is 13.2 Å². The molecule has 0 saturated carbocycles. The Hall–Kier alpha value is -2.00. The summed E-state index contributed by atoms with van der Waals surface area (Å²) >= 11 is 3.36. The summed E-state index contributed by atoms with van der Waals surface area (Å²) < 4.78 is 34.7. The van der Waals surface area contributed by atoms with Crippen molar-refractivity contribution in [1.29, 1.82) is 0 Å². The molecule has 0 aliphatic carbocycles. The van der Waals surface area contributed by atoms with Crippen LogP contribution in [0.4, 0.5) is 0 Å². The fourth-order valence-electron chi connectivity index (χ4n) is 3.98. The Bertz CT molecular complexity index is 1280. The number of rotatable bonds is 6. The molecule has 0 spiro atoms. The van der Waals surface area contributed by atoms with E-state index in [9.17, 15) is 13.2 Å². The van der Waals surface area contributed by atoms with Crippen molar-refractivity contribution in [3.05, 3.63) is 74.0 Å². The number of pyridine rings is 1. The van der Waals surface area contributed by atoms with Gasteiger partial charge in [-0.3, -0.25) is 4.79 Å². The largest absolute Gasteiger partial charge is 0.377 e. The number of aromatic nitrogens is 1. The Kier molecular flexibility index (Phi) is 6.35. The van der Waals surface area contributed by atoms with Gasteiger partial charge in [-0.2, -0.15) is 4.31 Å². The minimum Gasteiger partial charge on any atom is -0.377 e. The minimum absolute atomic E-state index is 0.0256. The van der Waals surface area contributed by atoms with E-state index in [0.717, 1.165) is 34.9 Å². The quantitative estimate of drug-likeness (QED) is 0.543. The SMILES string of the molecule is Cc1ccc(C)c2[nH]c(=O)c(CN(C[C@H]3CCCO3)S(=O)(=O)c3ccccc3Br)cc12. The van der Waals surface area contributed by atoms with Crippen LogP contribution in [-0.4, -0.2) is 37.0 Å². The van der Waals surface area contributed by atoms with E-state index in [2.05, 4.69) is 20.9 Å². The second-order valence-corrected chi connectivity index (χ2v) is 10.7. The number of H-pyrrole nitrogens is 1. The van der Waals surface area contributed by atoms with Crippen molar-refractivity contribution in [2.24, 2.45) is 0 Å². The minimum atomic E-state index is -3.85. The number of fused-ring (bicyclic) bond motifs is 1. The zero-order chi connectivity index (χ0) is 22.2. The number of aromatic amines is 1. The highest BCUT2D eigenvalue weighted by atomic mass is 79.9. The third kappa shape index (κ3) is 4.48. The monoisotopic (exact) mass is 504 g/mol. The van der Waals surface area contributed by atoms with Crippen LogP contribution in [0, 0.1) is 13.8 Å². The number of benzene rings is 2. The van der Waals surface area contributed by atoms with E-state index < -0.39 is 10.0 Å². The van der Waals surface area contributed by atoms with E-state index in [0.29, 0.717) is 16.6 Å². The fourth-order valence-corrected chi connectivity index (χ4v) is 6.39. The number of hydrogen-bond donors (Lipinski definition) is 1. The molecular weight excluding hydrogens is 480 g/mol. The number of ether oxygens (including phenoxy) is 1. The lowest BCUT2D eigenvalue weighted by Gasteiger charge is -2.25. The Morgan fingerprint density at radius 3 is 2.61 bits per heavy atom. The van der Waals surface area contributed by atoms with Crippen molar-refractivity contribution >= 4 is 36.9 Å². The van der Waals surface area contributed by atoms with Gasteiger partial charge in [0.05, 0.1) is 16.5 Å². The van der Waals surface area contributed by atoms with Gasteiger partial charge in [-0.25, -0.2) is 8.42 Å². The number of nitrogens with zero attached hydrogens (tertiary/aromatic N) is 1. The van der Waals surface area contributed by atoms with Gasteiger partial charge in [0.15, 0.2) is 0 Å². The smallest absolute Gasteiger partial charge is 0.252 e. The van der Waals surface area contributed by atoms with Crippen molar-refractivity contribution in [2.45, 2.75) is 44.2 Å². The molecule has 2 heterocycles. The van der Waals surface area contributed by atoms with Gasteiger partial charge in [0.1, 0.15) is 0 Å². The molecule has 164 valence electrons. The van der Waals surface area contributed by atoms with E-state index >= 15 is 0 Å². The van der Waals surface area contributed by atoms with Crippen LogP contribution in [-0.2, 0) is 21.3 Å². The van der Waals surface area contributed by atoms with Crippen molar-refractivity contribution in [3.8, 4) is 0 Å². The van der Waals surface area contributed by atoms with Gasteiger partial charge < -0.3 is 9.72 Å². The first kappa shape index (κ1) is 22.2. The Morgan fingerprint density at radius 2 is 1.90 bits per heavy atom. The molecule has 1 saturated heterocycles. The van der Waals surface area contributed by atoms with Gasteiger partial charge in [0, 0.05) is 35.1 Å². The van der Waals surface area contributed by atoms with Crippen molar-refractivity contribution in [2.75, 3.05) is 13.2 Å². The Morgan fingerprint density at radius 1 is 1.16 bits per heavy atom.